The fourth-order valence-electron chi connectivity index (χ4n) is 1.97. The van der Waals surface area contributed by atoms with Crippen LogP contribution in [0, 0.1) is 12.7 Å². The maximum absolute atomic E-state index is 13.9. The van der Waals surface area contributed by atoms with E-state index in [0.717, 1.165) is 15.1 Å². The van der Waals surface area contributed by atoms with E-state index in [1.54, 1.807) is 12.1 Å². The van der Waals surface area contributed by atoms with Gasteiger partial charge in [-0.3, -0.25) is 0 Å². The summed E-state index contributed by atoms with van der Waals surface area (Å²) in [5.41, 5.74) is 0.272. The normalized spacial score (nSPS) is 10.9. The molecule has 0 saturated heterocycles. The molecule has 21 heavy (non-hydrogen) atoms. The molecule has 0 amide bonds. The molecule has 0 aliphatic rings. The molecule has 108 valence electrons. The molecule has 2 heterocycles. The van der Waals surface area contributed by atoms with Crippen molar-refractivity contribution in [2.24, 2.45) is 0 Å². The molecular weight excluding hydrogens is 313 g/mol. The number of halogens is 2. The number of benzene rings is 1. The third-order valence-electron chi connectivity index (χ3n) is 2.92. The van der Waals surface area contributed by atoms with Crippen LogP contribution in [0.1, 0.15) is 4.88 Å². The summed E-state index contributed by atoms with van der Waals surface area (Å²) in [5.74, 6) is 0.629. The lowest BCUT2D eigenvalue weighted by Gasteiger charge is -2.09. The summed E-state index contributed by atoms with van der Waals surface area (Å²) in [6.07, 6.45) is 0. The van der Waals surface area contributed by atoms with Crippen LogP contribution in [0.4, 0.5) is 15.9 Å². The highest BCUT2D eigenvalue weighted by atomic mass is 35.5. The van der Waals surface area contributed by atoms with Crippen LogP contribution in [0.2, 0.25) is 5.28 Å². The summed E-state index contributed by atoms with van der Waals surface area (Å²) in [4.78, 5) is 10.2. The molecule has 0 aliphatic carbocycles. The fourth-order valence-corrected chi connectivity index (χ4v) is 3.06. The standard InChI is InChI=1S/C14H11ClFN3OS/c1-7-5-9-12(18-14(15)19-13(9)21-7)17-11-6-8(20-2)3-4-10(11)16/h3-6H,1-2H3,(H,17,18,19). The minimum Gasteiger partial charge on any atom is -0.497 e. The number of fused-ring (bicyclic) bond motifs is 1. The number of hydrogen-bond acceptors (Lipinski definition) is 5. The minimum atomic E-state index is -0.398. The van der Waals surface area contributed by atoms with Gasteiger partial charge >= 0.3 is 0 Å². The quantitative estimate of drug-likeness (QED) is 0.719. The predicted octanol–water partition coefficient (Wildman–Crippen LogP) is 4.54. The van der Waals surface area contributed by atoms with Gasteiger partial charge in [-0.05, 0) is 36.7 Å². The zero-order valence-electron chi connectivity index (χ0n) is 11.3. The molecule has 7 heteroatoms. The number of hydrogen-bond donors (Lipinski definition) is 1. The van der Waals surface area contributed by atoms with Gasteiger partial charge in [-0.1, -0.05) is 0 Å². The lowest BCUT2D eigenvalue weighted by molar-refractivity contribution is 0.414. The summed E-state index contributed by atoms with van der Waals surface area (Å²) in [7, 11) is 1.53. The first-order valence-corrected chi connectivity index (χ1v) is 7.30. The highest BCUT2D eigenvalue weighted by molar-refractivity contribution is 7.18. The predicted molar refractivity (Wildman–Crippen MR) is 83.4 cm³/mol. The van der Waals surface area contributed by atoms with Gasteiger partial charge in [0, 0.05) is 10.9 Å². The van der Waals surface area contributed by atoms with Gasteiger partial charge in [-0.25, -0.2) is 9.37 Å². The van der Waals surface area contributed by atoms with Crippen molar-refractivity contribution in [3.8, 4) is 5.75 Å². The second kappa shape index (κ2) is 5.46. The Morgan fingerprint density at radius 2 is 2.10 bits per heavy atom. The van der Waals surface area contributed by atoms with Crippen molar-refractivity contribution in [3.05, 3.63) is 40.2 Å². The average molecular weight is 324 g/mol. The molecule has 3 rings (SSSR count). The minimum absolute atomic E-state index is 0.121. The van der Waals surface area contributed by atoms with E-state index in [9.17, 15) is 4.39 Å². The Morgan fingerprint density at radius 1 is 1.29 bits per heavy atom. The first kappa shape index (κ1) is 14.0. The van der Waals surface area contributed by atoms with E-state index in [2.05, 4.69) is 15.3 Å². The van der Waals surface area contributed by atoms with Crippen LogP contribution in [-0.2, 0) is 0 Å². The third kappa shape index (κ3) is 2.77. The van der Waals surface area contributed by atoms with Gasteiger partial charge < -0.3 is 10.1 Å². The zero-order valence-corrected chi connectivity index (χ0v) is 12.8. The molecule has 3 aromatic rings. The van der Waals surface area contributed by atoms with Crippen LogP contribution in [0.3, 0.4) is 0 Å². The number of methoxy groups -OCH3 is 1. The largest absolute Gasteiger partial charge is 0.497 e. The molecule has 0 unspecified atom stereocenters. The van der Waals surface area contributed by atoms with Crippen molar-refractivity contribution in [1.82, 2.24) is 9.97 Å². The van der Waals surface area contributed by atoms with E-state index in [0.29, 0.717) is 11.6 Å². The number of rotatable bonds is 3. The number of aryl methyl sites for hydroxylation is 1. The maximum atomic E-state index is 13.9. The lowest BCUT2D eigenvalue weighted by atomic mass is 10.2. The van der Waals surface area contributed by atoms with Gasteiger partial charge in [0.2, 0.25) is 5.28 Å². The topological polar surface area (TPSA) is 47.0 Å². The first-order chi connectivity index (χ1) is 10.1. The van der Waals surface area contributed by atoms with Crippen molar-refractivity contribution in [1.29, 1.82) is 0 Å². The van der Waals surface area contributed by atoms with Crippen LogP contribution in [-0.4, -0.2) is 17.1 Å². The Hall–Kier alpha value is -1.92. The molecule has 1 N–H and O–H groups in total. The SMILES string of the molecule is COc1ccc(F)c(Nc2nc(Cl)nc3sc(C)cc23)c1. The fraction of sp³-hybridized carbons (Fsp3) is 0.143. The number of ether oxygens (including phenoxy) is 1. The van der Waals surface area contributed by atoms with Gasteiger partial charge in [0.05, 0.1) is 18.2 Å². The maximum Gasteiger partial charge on any atom is 0.225 e. The number of aromatic nitrogens is 2. The Labute approximate surface area is 129 Å². The number of anilines is 2. The summed E-state index contributed by atoms with van der Waals surface area (Å²) in [6.45, 7) is 1.97. The van der Waals surface area contributed by atoms with E-state index in [4.69, 9.17) is 16.3 Å². The van der Waals surface area contributed by atoms with Gasteiger partial charge in [-0.15, -0.1) is 11.3 Å². The van der Waals surface area contributed by atoms with Crippen molar-refractivity contribution < 1.29 is 9.13 Å². The average Bonchev–Trinajstić information content (AvgIpc) is 2.81. The molecule has 0 atom stereocenters. The Kier molecular flexibility index (Phi) is 3.65. The summed E-state index contributed by atoms with van der Waals surface area (Å²) >= 11 is 7.43. The van der Waals surface area contributed by atoms with Crippen molar-refractivity contribution >= 4 is 44.7 Å². The van der Waals surface area contributed by atoms with Gasteiger partial charge in [0.15, 0.2) is 0 Å². The van der Waals surface area contributed by atoms with Crippen LogP contribution in [0.15, 0.2) is 24.3 Å². The van der Waals surface area contributed by atoms with Gasteiger partial charge in [0.25, 0.3) is 0 Å². The Bertz CT molecular complexity index is 821. The van der Waals surface area contributed by atoms with E-state index in [1.807, 2.05) is 13.0 Å². The second-order valence-corrected chi connectivity index (χ2v) is 5.96. The molecule has 0 bridgehead atoms. The smallest absolute Gasteiger partial charge is 0.225 e. The highest BCUT2D eigenvalue weighted by Gasteiger charge is 2.12. The van der Waals surface area contributed by atoms with E-state index < -0.39 is 5.82 Å². The highest BCUT2D eigenvalue weighted by Crippen LogP contribution is 2.32. The van der Waals surface area contributed by atoms with Gasteiger partial charge in [0.1, 0.15) is 22.2 Å². The molecule has 0 radical (unpaired) electrons. The number of thiophene rings is 1. The number of nitrogens with zero attached hydrogens (tertiary/aromatic N) is 2. The zero-order chi connectivity index (χ0) is 15.0. The summed E-state index contributed by atoms with van der Waals surface area (Å²) in [6, 6.07) is 6.39. The van der Waals surface area contributed by atoms with Crippen LogP contribution >= 0.6 is 22.9 Å². The van der Waals surface area contributed by atoms with E-state index in [1.165, 1.54) is 24.5 Å². The molecule has 0 aliphatic heterocycles. The van der Waals surface area contributed by atoms with Crippen molar-refractivity contribution in [2.75, 3.05) is 12.4 Å². The molecule has 0 spiro atoms. The van der Waals surface area contributed by atoms with Gasteiger partial charge in [-0.2, -0.15) is 4.98 Å². The molecule has 0 saturated carbocycles. The first-order valence-electron chi connectivity index (χ1n) is 6.11. The molecular formula is C14H11ClFN3OS. The number of nitrogens with one attached hydrogen (secondary N) is 1. The summed E-state index contributed by atoms with van der Waals surface area (Å²) < 4.78 is 19.0. The summed E-state index contributed by atoms with van der Waals surface area (Å²) in [5, 5.41) is 3.89. The molecule has 0 fully saturated rings. The van der Waals surface area contributed by atoms with Crippen molar-refractivity contribution in [2.45, 2.75) is 6.92 Å². The lowest BCUT2D eigenvalue weighted by Crippen LogP contribution is -1.98. The van der Waals surface area contributed by atoms with Crippen LogP contribution in [0.5, 0.6) is 5.75 Å². The molecule has 4 nitrogen and oxygen atoms in total. The second-order valence-electron chi connectivity index (χ2n) is 4.39. The molecule has 1 aromatic carbocycles. The Balaban J connectivity index is 2.09. The third-order valence-corrected chi connectivity index (χ3v) is 4.03. The van der Waals surface area contributed by atoms with E-state index >= 15 is 0 Å². The van der Waals surface area contributed by atoms with Crippen LogP contribution in [0.25, 0.3) is 10.2 Å². The molecule has 2 aromatic heterocycles. The van der Waals surface area contributed by atoms with E-state index in [-0.39, 0.29) is 11.0 Å². The Morgan fingerprint density at radius 3 is 2.86 bits per heavy atom. The monoisotopic (exact) mass is 323 g/mol. The van der Waals surface area contributed by atoms with Crippen molar-refractivity contribution in [3.63, 3.8) is 0 Å². The van der Waals surface area contributed by atoms with Crippen LogP contribution < -0.4 is 10.1 Å².